The molecule has 13 heteroatoms. The third kappa shape index (κ3) is 5.84. The minimum Gasteiger partial charge on any atom is -0.385 e. The molecule has 3 aromatic rings. The molecule has 1 fully saturated rings. The van der Waals surface area contributed by atoms with Gasteiger partial charge in [0.2, 0.25) is 0 Å². The van der Waals surface area contributed by atoms with Crippen molar-refractivity contribution in [2.75, 3.05) is 13.2 Å². The summed E-state index contributed by atoms with van der Waals surface area (Å²) in [5, 5.41) is 18.0. The Kier molecular flexibility index (Phi) is 8.55. The molecule has 1 aliphatic carbocycles. The first-order chi connectivity index (χ1) is 18.1. The van der Waals surface area contributed by atoms with Gasteiger partial charge >= 0.3 is 0 Å². The molecule has 0 radical (unpaired) electrons. The Hall–Kier alpha value is -1.46. The minimum atomic E-state index is -1.11. The smallest absolute Gasteiger partial charge is 0.181 e. The van der Waals surface area contributed by atoms with Gasteiger partial charge in [0, 0.05) is 21.0 Å². The van der Waals surface area contributed by atoms with Gasteiger partial charge in [-0.15, -0.1) is 11.6 Å². The second kappa shape index (κ2) is 11.6. The van der Waals surface area contributed by atoms with Crippen LogP contribution in [-0.2, 0) is 20.8 Å². The van der Waals surface area contributed by atoms with E-state index in [1.54, 1.807) is 30.4 Å². The summed E-state index contributed by atoms with van der Waals surface area (Å²) in [6.07, 6.45) is 4.90. The van der Waals surface area contributed by atoms with E-state index in [2.05, 4.69) is 15.1 Å². The fourth-order valence-corrected chi connectivity index (χ4v) is 5.71. The van der Waals surface area contributed by atoms with E-state index in [1.807, 2.05) is 13.0 Å². The average molecular weight is 621 g/mol. The largest absolute Gasteiger partial charge is 0.385 e. The van der Waals surface area contributed by atoms with Crippen LogP contribution in [0.5, 0.6) is 0 Å². The van der Waals surface area contributed by atoms with E-state index in [9.17, 15) is 5.11 Å². The summed E-state index contributed by atoms with van der Waals surface area (Å²) in [6.45, 7) is 2.42. The molecule has 202 valence electrons. The first-order valence-corrected chi connectivity index (χ1v) is 13.6. The molecule has 1 N–H and O–H groups in total. The Bertz CT molecular complexity index is 1380. The van der Waals surface area contributed by atoms with E-state index in [1.165, 1.54) is 17.2 Å². The summed E-state index contributed by atoms with van der Waals surface area (Å²) in [7, 11) is 0. The van der Waals surface area contributed by atoms with Crippen molar-refractivity contribution in [3.63, 3.8) is 0 Å². The lowest BCUT2D eigenvalue weighted by atomic mass is 9.90. The van der Waals surface area contributed by atoms with E-state index in [-0.39, 0.29) is 24.3 Å². The standard InChI is InChI=1S/C25H23Cl5N4O4/c1-25(30)7-16(27)5-3-14(25)10-36-11-19-21(37-9-13-2-4-15(26)6-18(13)28)20(35)24(38-19)34-23-17(8-33-34)22(29)31-12-32-23/h2-8,12,14,19-21,24,35H,9-11H2,1H3/t14?,19-,20-,21-,24-,25?/m1/s1. The van der Waals surface area contributed by atoms with Crippen LogP contribution < -0.4 is 0 Å². The predicted molar refractivity (Wildman–Crippen MR) is 147 cm³/mol. The van der Waals surface area contributed by atoms with E-state index >= 15 is 0 Å². The predicted octanol–water partition coefficient (Wildman–Crippen LogP) is 5.95. The number of allylic oxidation sites excluding steroid dienone is 3. The highest BCUT2D eigenvalue weighted by atomic mass is 35.5. The molecule has 6 atom stereocenters. The number of fused-ring (bicyclic) bond motifs is 1. The maximum Gasteiger partial charge on any atom is 0.181 e. The Morgan fingerprint density at radius 1 is 1.16 bits per heavy atom. The topological polar surface area (TPSA) is 91.5 Å². The van der Waals surface area contributed by atoms with Crippen LogP contribution in [0.1, 0.15) is 18.7 Å². The molecular weight excluding hydrogens is 598 g/mol. The van der Waals surface area contributed by atoms with Gasteiger partial charge in [0.1, 0.15) is 29.8 Å². The first-order valence-electron chi connectivity index (χ1n) is 11.7. The van der Waals surface area contributed by atoms with Gasteiger partial charge in [-0.2, -0.15) is 5.10 Å². The highest BCUT2D eigenvalue weighted by molar-refractivity contribution is 6.35. The number of rotatable bonds is 8. The quantitative estimate of drug-likeness (QED) is 0.246. The molecular formula is C25H23Cl5N4O4. The number of nitrogens with zero attached hydrogens (tertiary/aromatic N) is 4. The van der Waals surface area contributed by atoms with Gasteiger partial charge in [0.05, 0.1) is 36.3 Å². The third-order valence-electron chi connectivity index (χ3n) is 6.55. The Morgan fingerprint density at radius 2 is 1.97 bits per heavy atom. The number of alkyl halides is 1. The molecule has 0 bridgehead atoms. The third-order valence-corrected chi connectivity index (χ3v) is 8.06. The maximum atomic E-state index is 11.3. The molecule has 2 unspecified atom stereocenters. The number of aliphatic hydroxyl groups excluding tert-OH is 1. The highest BCUT2D eigenvalue weighted by Crippen LogP contribution is 2.37. The molecule has 8 nitrogen and oxygen atoms in total. The summed E-state index contributed by atoms with van der Waals surface area (Å²) in [5.74, 6) is -0.116. The van der Waals surface area contributed by atoms with Crippen LogP contribution in [0, 0.1) is 5.92 Å². The summed E-state index contributed by atoms with van der Waals surface area (Å²) in [6, 6.07) is 5.12. The summed E-state index contributed by atoms with van der Waals surface area (Å²) >= 11 is 31.3. The van der Waals surface area contributed by atoms with Crippen molar-refractivity contribution in [3.05, 3.63) is 74.7 Å². The number of hydrogen-bond donors (Lipinski definition) is 1. The van der Waals surface area contributed by atoms with E-state index in [4.69, 9.17) is 72.2 Å². The van der Waals surface area contributed by atoms with Crippen molar-refractivity contribution in [2.24, 2.45) is 5.92 Å². The van der Waals surface area contributed by atoms with Crippen LogP contribution in [0.2, 0.25) is 15.2 Å². The number of ether oxygens (including phenoxy) is 3. The van der Waals surface area contributed by atoms with Crippen molar-refractivity contribution < 1.29 is 19.3 Å². The average Bonchev–Trinajstić information content (AvgIpc) is 3.41. The van der Waals surface area contributed by atoms with E-state index in [0.717, 1.165) is 0 Å². The van der Waals surface area contributed by atoms with Crippen LogP contribution in [0.4, 0.5) is 0 Å². The highest BCUT2D eigenvalue weighted by Gasteiger charge is 2.47. The Morgan fingerprint density at radius 3 is 2.74 bits per heavy atom. The van der Waals surface area contributed by atoms with Gasteiger partial charge in [-0.05, 0) is 36.8 Å². The molecule has 5 rings (SSSR count). The van der Waals surface area contributed by atoms with Crippen LogP contribution in [0.25, 0.3) is 11.0 Å². The molecule has 2 aromatic heterocycles. The molecule has 1 aliphatic heterocycles. The zero-order chi connectivity index (χ0) is 27.0. The molecule has 1 saturated heterocycles. The van der Waals surface area contributed by atoms with Gasteiger partial charge in [-0.3, -0.25) is 0 Å². The van der Waals surface area contributed by atoms with Gasteiger partial charge in [0.25, 0.3) is 0 Å². The van der Waals surface area contributed by atoms with Gasteiger partial charge in [-0.1, -0.05) is 58.5 Å². The molecule has 38 heavy (non-hydrogen) atoms. The van der Waals surface area contributed by atoms with Crippen molar-refractivity contribution in [1.29, 1.82) is 0 Å². The number of aliphatic hydroxyl groups is 1. The second-order valence-electron chi connectivity index (χ2n) is 9.24. The molecule has 0 spiro atoms. The lowest BCUT2D eigenvalue weighted by molar-refractivity contribution is -0.0839. The van der Waals surface area contributed by atoms with Crippen LogP contribution in [-0.4, -0.2) is 61.3 Å². The maximum absolute atomic E-state index is 11.3. The van der Waals surface area contributed by atoms with Crippen molar-refractivity contribution in [3.8, 4) is 0 Å². The van der Waals surface area contributed by atoms with Crippen LogP contribution >= 0.6 is 58.0 Å². The molecule has 3 heterocycles. The molecule has 1 aromatic carbocycles. The Labute approximate surface area is 244 Å². The number of halogens is 5. The van der Waals surface area contributed by atoms with Crippen LogP contribution in [0.3, 0.4) is 0 Å². The Balaban J connectivity index is 1.34. The summed E-state index contributed by atoms with van der Waals surface area (Å²) < 4.78 is 19.9. The fourth-order valence-electron chi connectivity index (χ4n) is 4.46. The summed E-state index contributed by atoms with van der Waals surface area (Å²) in [5.41, 5.74) is 1.13. The summed E-state index contributed by atoms with van der Waals surface area (Å²) in [4.78, 5) is 7.54. The van der Waals surface area contributed by atoms with Gasteiger partial charge < -0.3 is 19.3 Å². The van der Waals surface area contributed by atoms with E-state index < -0.39 is 29.4 Å². The van der Waals surface area contributed by atoms with Crippen molar-refractivity contribution in [1.82, 2.24) is 19.7 Å². The monoisotopic (exact) mass is 618 g/mol. The lowest BCUT2D eigenvalue weighted by Crippen LogP contribution is -2.38. The van der Waals surface area contributed by atoms with Crippen LogP contribution in [0.15, 0.2) is 54.0 Å². The lowest BCUT2D eigenvalue weighted by Gasteiger charge is -2.30. The number of benzene rings is 1. The van der Waals surface area contributed by atoms with Gasteiger partial charge in [0.15, 0.2) is 11.9 Å². The number of aromatic nitrogens is 4. The SMILES string of the molecule is CC1(Cl)C=C(Cl)C=CC1COC[C@H]1O[C@@H](n2ncc3c(Cl)ncnc32)[C@H](O)[C@@H]1OCc1ccc(Cl)cc1Cl. The normalized spacial score (nSPS) is 29.2. The first kappa shape index (κ1) is 28.1. The molecule has 0 saturated carbocycles. The van der Waals surface area contributed by atoms with Crippen molar-refractivity contribution >= 4 is 69.0 Å². The van der Waals surface area contributed by atoms with Crippen molar-refractivity contribution in [2.45, 2.75) is 42.9 Å². The second-order valence-corrected chi connectivity index (χ2v) is 11.7. The minimum absolute atomic E-state index is 0.116. The fraction of sp³-hybridized carbons (Fsp3) is 0.400. The molecule has 2 aliphatic rings. The van der Waals surface area contributed by atoms with E-state index in [0.29, 0.717) is 38.3 Å². The zero-order valence-corrected chi connectivity index (χ0v) is 23.8. The number of hydrogen-bond acceptors (Lipinski definition) is 7. The van der Waals surface area contributed by atoms with Gasteiger partial charge in [-0.25, -0.2) is 14.6 Å². The molecule has 0 amide bonds. The zero-order valence-electron chi connectivity index (χ0n) is 20.0.